The first-order valence-electron chi connectivity index (χ1n) is 10.5. The number of rotatable bonds is 3. The molecule has 0 radical (unpaired) electrons. The molecule has 4 rings (SSSR count). The first-order chi connectivity index (χ1) is 14.9. The maximum Gasteiger partial charge on any atom is 0.322 e. The molecule has 0 aromatic heterocycles. The summed E-state index contributed by atoms with van der Waals surface area (Å²) >= 11 is 0. The van der Waals surface area contributed by atoms with Crippen molar-refractivity contribution in [3.8, 4) is 11.8 Å². The smallest absolute Gasteiger partial charge is 0.322 e. The summed E-state index contributed by atoms with van der Waals surface area (Å²) in [5.74, 6) is 6.20. The Bertz CT molecular complexity index is 1040. The molecule has 2 saturated heterocycles. The van der Waals surface area contributed by atoms with Crippen LogP contribution in [-0.2, 0) is 9.59 Å². The van der Waals surface area contributed by atoms with Crippen LogP contribution in [0.15, 0.2) is 54.6 Å². The minimum atomic E-state index is -1.17. The number of likely N-dealkylation sites (tertiary alicyclic amines) is 1. The molecule has 2 aromatic carbocycles. The van der Waals surface area contributed by atoms with Gasteiger partial charge >= 0.3 is 6.03 Å². The number of hydrogen-bond donors (Lipinski definition) is 2. The Kier molecular flexibility index (Phi) is 5.77. The average Bonchev–Trinajstić information content (AvgIpc) is 3.04. The predicted molar refractivity (Wildman–Crippen MR) is 117 cm³/mol. The quantitative estimate of drug-likeness (QED) is 0.598. The van der Waals surface area contributed by atoms with E-state index in [0.29, 0.717) is 19.0 Å². The Morgan fingerprint density at radius 2 is 1.61 bits per heavy atom. The lowest BCUT2D eigenvalue weighted by Gasteiger charge is -2.34. The van der Waals surface area contributed by atoms with Gasteiger partial charge in [0.2, 0.25) is 5.91 Å². The number of hydrogen-bond acceptors (Lipinski definition) is 3. The van der Waals surface area contributed by atoms with E-state index in [1.165, 1.54) is 5.56 Å². The van der Waals surface area contributed by atoms with E-state index in [9.17, 15) is 14.4 Å². The number of nitrogens with one attached hydrogen (secondary N) is 2. The van der Waals surface area contributed by atoms with Crippen LogP contribution in [0.5, 0.6) is 0 Å². The number of piperidine rings is 1. The molecule has 2 aromatic rings. The fourth-order valence-electron chi connectivity index (χ4n) is 4.09. The average molecular weight is 415 g/mol. The molecule has 0 saturated carbocycles. The highest BCUT2D eigenvalue weighted by molar-refractivity contribution is 6.08. The highest BCUT2D eigenvalue weighted by Crippen LogP contribution is 2.29. The SMILES string of the molecule is CC1(CC(=O)N2CCC(c3ccc(C#Cc4ccccc4)cc3)CC2)NC(=O)NC1=O. The van der Waals surface area contributed by atoms with Gasteiger partial charge < -0.3 is 10.2 Å². The molecule has 2 aliphatic rings. The van der Waals surface area contributed by atoms with E-state index < -0.39 is 17.5 Å². The number of imide groups is 1. The van der Waals surface area contributed by atoms with Crippen molar-refractivity contribution in [2.45, 2.75) is 37.6 Å². The molecule has 2 N–H and O–H groups in total. The van der Waals surface area contributed by atoms with Gasteiger partial charge in [0, 0.05) is 24.2 Å². The summed E-state index contributed by atoms with van der Waals surface area (Å²) in [6, 6.07) is 17.7. The standard InChI is InChI=1S/C25H25N3O3/c1-25(23(30)26-24(31)27-25)17-22(29)28-15-13-21(14-16-28)20-11-9-19(10-12-20)8-7-18-5-3-2-4-6-18/h2-6,9-12,21H,13-17H2,1H3,(H2,26,27,30,31). The number of amides is 4. The molecule has 4 amide bonds. The third-order valence-corrected chi connectivity index (χ3v) is 5.98. The van der Waals surface area contributed by atoms with Crippen molar-refractivity contribution in [3.05, 3.63) is 71.3 Å². The van der Waals surface area contributed by atoms with Crippen LogP contribution < -0.4 is 10.6 Å². The lowest BCUT2D eigenvalue weighted by Crippen LogP contribution is -2.49. The maximum atomic E-state index is 12.7. The zero-order valence-electron chi connectivity index (χ0n) is 17.5. The maximum absolute atomic E-state index is 12.7. The summed E-state index contributed by atoms with van der Waals surface area (Å²) in [5.41, 5.74) is 2.06. The van der Waals surface area contributed by atoms with Gasteiger partial charge in [-0.3, -0.25) is 14.9 Å². The minimum absolute atomic E-state index is 0.0238. The molecule has 1 atom stereocenters. The Balaban J connectivity index is 1.31. The second kappa shape index (κ2) is 8.65. The highest BCUT2D eigenvalue weighted by Gasteiger charge is 2.44. The third-order valence-electron chi connectivity index (χ3n) is 5.98. The van der Waals surface area contributed by atoms with Crippen molar-refractivity contribution in [3.63, 3.8) is 0 Å². The number of carbonyl (C=O) groups is 3. The van der Waals surface area contributed by atoms with E-state index in [-0.39, 0.29) is 12.3 Å². The first-order valence-corrected chi connectivity index (χ1v) is 10.5. The number of nitrogens with zero attached hydrogens (tertiary/aromatic N) is 1. The molecule has 2 fully saturated rings. The van der Waals surface area contributed by atoms with Gasteiger partial charge in [0.05, 0.1) is 6.42 Å². The number of benzene rings is 2. The summed E-state index contributed by atoms with van der Waals surface area (Å²) in [6.45, 7) is 2.87. The fraction of sp³-hybridized carbons (Fsp3) is 0.320. The predicted octanol–water partition coefficient (Wildman–Crippen LogP) is 2.78. The fourth-order valence-corrected chi connectivity index (χ4v) is 4.09. The Hall–Kier alpha value is -3.59. The van der Waals surface area contributed by atoms with Gasteiger partial charge in [-0.2, -0.15) is 0 Å². The number of carbonyl (C=O) groups excluding carboxylic acids is 3. The highest BCUT2D eigenvalue weighted by atomic mass is 16.2. The van der Waals surface area contributed by atoms with Gasteiger partial charge in [0.1, 0.15) is 5.54 Å². The molecule has 2 aliphatic heterocycles. The van der Waals surface area contributed by atoms with E-state index in [2.05, 4.69) is 34.6 Å². The van der Waals surface area contributed by atoms with Gasteiger partial charge in [-0.1, -0.05) is 42.2 Å². The van der Waals surface area contributed by atoms with Crippen molar-refractivity contribution >= 4 is 17.8 Å². The molecule has 0 aliphatic carbocycles. The van der Waals surface area contributed by atoms with Crippen LogP contribution in [0, 0.1) is 11.8 Å². The van der Waals surface area contributed by atoms with E-state index in [1.807, 2.05) is 42.5 Å². The third kappa shape index (κ3) is 4.77. The largest absolute Gasteiger partial charge is 0.343 e. The molecular formula is C25H25N3O3. The minimum Gasteiger partial charge on any atom is -0.343 e. The monoisotopic (exact) mass is 415 g/mol. The molecule has 158 valence electrons. The van der Waals surface area contributed by atoms with Crippen LogP contribution in [0.4, 0.5) is 4.79 Å². The van der Waals surface area contributed by atoms with Crippen molar-refractivity contribution in [2.75, 3.05) is 13.1 Å². The van der Waals surface area contributed by atoms with E-state index >= 15 is 0 Å². The normalized spacial score (nSPS) is 21.1. The summed E-state index contributed by atoms with van der Waals surface area (Å²) in [5, 5.41) is 4.75. The lowest BCUT2D eigenvalue weighted by molar-refractivity contribution is -0.137. The summed E-state index contributed by atoms with van der Waals surface area (Å²) in [7, 11) is 0. The second-order valence-corrected chi connectivity index (χ2v) is 8.31. The molecule has 0 spiro atoms. The Morgan fingerprint density at radius 3 is 2.19 bits per heavy atom. The van der Waals surface area contributed by atoms with Crippen LogP contribution in [0.25, 0.3) is 0 Å². The Morgan fingerprint density at radius 1 is 1.00 bits per heavy atom. The van der Waals surface area contributed by atoms with Crippen LogP contribution >= 0.6 is 0 Å². The molecule has 0 bridgehead atoms. The van der Waals surface area contributed by atoms with Gasteiger partial charge in [-0.25, -0.2) is 4.79 Å². The van der Waals surface area contributed by atoms with Crippen LogP contribution in [0.1, 0.15) is 48.8 Å². The van der Waals surface area contributed by atoms with Crippen molar-refractivity contribution in [2.24, 2.45) is 0 Å². The van der Waals surface area contributed by atoms with E-state index in [4.69, 9.17) is 0 Å². The molecule has 31 heavy (non-hydrogen) atoms. The topological polar surface area (TPSA) is 78.5 Å². The van der Waals surface area contributed by atoms with Gasteiger partial charge in [-0.15, -0.1) is 0 Å². The summed E-state index contributed by atoms with van der Waals surface area (Å²) in [6.07, 6.45) is 1.72. The van der Waals surface area contributed by atoms with Crippen LogP contribution in [-0.4, -0.2) is 41.4 Å². The lowest BCUT2D eigenvalue weighted by atomic mass is 9.88. The summed E-state index contributed by atoms with van der Waals surface area (Å²) in [4.78, 5) is 37.8. The zero-order valence-corrected chi connectivity index (χ0v) is 17.5. The summed E-state index contributed by atoms with van der Waals surface area (Å²) < 4.78 is 0. The van der Waals surface area contributed by atoms with Crippen molar-refractivity contribution in [1.82, 2.24) is 15.5 Å². The van der Waals surface area contributed by atoms with Gasteiger partial charge in [0.25, 0.3) is 5.91 Å². The van der Waals surface area contributed by atoms with Gasteiger partial charge in [-0.05, 0) is 55.5 Å². The van der Waals surface area contributed by atoms with E-state index in [1.54, 1.807) is 11.8 Å². The first kappa shape index (κ1) is 20.7. The Labute approximate surface area is 182 Å². The molecule has 6 heteroatoms. The molecular weight excluding hydrogens is 390 g/mol. The second-order valence-electron chi connectivity index (χ2n) is 8.31. The van der Waals surface area contributed by atoms with Crippen molar-refractivity contribution in [1.29, 1.82) is 0 Å². The molecule has 6 nitrogen and oxygen atoms in total. The number of urea groups is 1. The van der Waals surface area contributed by atoms with Crippen molar-refractivity contribution < 1.29 is 14.4 Å². The zero-order chi connectivity index (χ0) is 21.8. The van der Waals surface area contributed by atoms with E-state index in [0.717, 1.165) is 24.0 Å². The van der Waals surface area contributed by atoms with Crippen LogP contribution in [0.2, 0.25) is 0 Å². The van der Waals surface area contributed by atoms with Crippen LogP contribution in [0.3, 0.4) is 0 Å². The van der Waals surface area contributed by atoms with Gasteiger partial charge in [0.15, 0.2) is 0 Å². The molecule has 2 heterocycles. The molecule has 1 unspecified atom stereocenters.